The van der Waals surface area contributed by atoms with Gasteiger partial charge in [-0.05, 0) is 30.5 Å². The van der Waals surface area contributed by atoms with E-state index < -0.39 is 5.97 Å². The topological polar surface area (TPSA) is 57.5 Å². The first-order valence-corrected chi connectivity index (χ1v) is 8.70. The average Bonchev–Trinajstić information content (AvgIpc) is 2.50. The summed E-state index contributed by atoms with van der Waals surface area (Å²) in [5.74, 6) is -1.22. The van der Waals surface area contributed by atoms with E-state index >= 15 is 0 Å². The van der Waals surface area contributed by atoms with Crippen molar-refractivity contribution in [3.63, 3.8) is 0 Å². The molecule has 0 unspecified atom stereocenters. The van der Waals surface area contributed by atoms with E-state index in [0.29, 0.717) is 0 Å². The van der Waals surface area contributed by atoms with E-state index in [-0.39, 0.29) is 11.3 Å². The maximum atomic E-state index is 11.0. The highest BCUT2D eigenvalue weighted by molar-refractivity contribution is 5.90. The summed E-state index contributed by atoms with van der Waals surface area (Å²) >= 11 is 0. The maximum Gasteiger partial charge on any atom is 0.339 e. The molecule has 3 heteroatoms. The van der Waals surface area contributed by atoms with E-state index in [1.165, 1.54) is 63.9 Å². The third-order valence-corrected chi connectivity index (χ3v) is 4.11. The lowest BCUT2D eigenvalue weighted by atomic mass is 10.0. The van der Waals surface area contributed by atoms with Gasteiger partial charge in [-0.25, -0.2) is 4.79 Å². The Balaban J connectivity index is 2.10. The van der Waals surface area contributed by atoms with E-state index in [4.69, 9.17) is 5.11 Å². The molecule has 1 aromatic carbocycles. The smallest absolute Gasteiger partial charge is 0.339 e. The summed E-state index contributed by atoms with van der Waals surface area (Å²) in [5, 5.41) is 18.4. The fourth-order valence-electron chi connectivity index (χ4n) is 2.73. The fraction of sp³-hybridized carbons (Fsp3) is 0.632. The molecule has 0 saturated heterocycles. The van der Waals surface area contributed by atoms with Crippen LogP contribution in [0.1, 0.15) is 87.1 Å². The molecule has 1 rings (SSSR count). The van der Waals surface area contributed by atoms with Crippen molar-refractivity contribution in [3.05, 3.63) is 29.3 Å². The minimum absolute atomic E-state index is 0.00424. The first kappa shape index (κ1) is 18.5. The number of aromatic carboxylic acids is 1. The summed E-state index contributed by atoms with van der Waals surface area (Å²) in [4.78, 5) is 11.0. The van der Waals surface area contributed by atoms with Crippen molar-refractivity contribution in [1.29, 1.82) is 0 Å². The summed E-state index contributed by atoms with van der Waals surface area (Å²) in [6, 6.07) is 4.88. The average molecular weight is 306 g/mol. The molecule has 0 radical (unpaired) electrons. The van der Waals surface area contributed by atoms with E-state index in [1.807, 2.05) is 6.07 Å². The maximum absolute atomic E-state index is 11.0. The molecule has 0 spiro atoms. The van der Waals surface area contributed by atoms with Crippen LogP contribution in [-0.2, 0) is 6.42 Å². The zero-order chi connectivity index (χ0) is 16.2. The highest BCUT2D eigenvalue weighted by atomic mass is 16.4. The minimum Gasteiger partial charge on any atom is -0.507 e. The molecule has 1 aromatic rings. The first-order valence-electron chi connectivity index (χ1n) is 8.70. The second kappa shape index (κ2) is 11.1. The van der Waals surface area contributed by atoms with E-state index in [0.717, 1.165) is 18.4 Å². The largest absolute Gasteiger partial charge is 0.507 e. The highest BCUT2D eigenvalue weighted by Gasteiger charge is 2.09. The molecular formula is C19H30O3. The van der Waals surface area contributed by atoms with Gasteiger partial charge < -0.3 is 10.2 Å². The van der Waals surface area contributed by atoms with Gasteiger partial charge in [0.15, 0.2) is 0 Å². The number of hydrogen-bond acceptors (Lipinski definition) is 2. The monoisotopic (exact) mass is 306 g/mol. The van der Waals surface area contributed by atoms with Crippen molar-refractivity contribution < 1.29 is 15.0 Å². The second-order valence-electron chi connectivity index (χ2n) is 6.09. The number of phenols is 1. The summed E-state index contributed by atoms with van der Waals surface area (Å²) in [6.45, 7) is 2.24. The number of aryl methyl sites for hydroxylation is 1. The van der Waals surface area contributed by atoms with Gasteiger partial charge in [-0.2, -0.15) is 0 Å². The van der Waals surface area contributed by atoms with Crippen LogP contribution in [0.15, 0.2) is 18.2 Å². The minimum atomic E-state index is -1.07. The van der Waals surface area contributed by atoms with Gasteiger partial charge in [-0.15, -0.1) is 0 Å². The van der Waals surface area contributed by atoms with Gasteiger partial charge in [-0.1, -0.05) is 70.8 Å². The predicted molar refractivity (Wildman–Crippen MR) is 90.6 cm³/mol. The molecule has 124 valence electrons. The molecule has 3 nitrogen and oxygen atoms in total. The van der Waals surface area contributed by atoms with E-state index in [1.54, 1.807) is 6.07 Å². The van der Waals surface area contributed by atoms with Crippen molar-refractivity contribution in [1.82, 2.24) is 0 Å². The van der Waals surface area contributed by atoms with Crippen LogP contribution in [-0.4, -0.2) is 16.2 Å². The van der Waals surface area contributed by atoms with Crippen molar-refractivity contribution in [2.24, 2.45) is 0 Å². The molecule has 2 N–H and O–H groups in total. The third-order valence-electron chi connectivity index (χ3n) is 4.11. The lowest BCUT2D eigenvalue weighted by Gasteiger charge is -2.05. The van der Waals surface area contributed by atoms with Crippen molar-refractivity contribution in [2.75, 3.05) is 0 Å². The van der Waals surface area contributed by atoms with Crippen LogP contribution < -0.4 is 0 Å². The Morgan fingerprint density at radius 3 is 2.00 bits per heavy atom. The summed E-state index contributed by atoms with van der Waals surface area (Å²) < 4.78 is 0. The van der Waals surface area contributed by atoms with Crippen LogP contribution in [0.25, 0.3) is 0 Å². The zero-order valence-electron chi connectivity index (χ0n) is 13.8. The molecule has 0 heterocycles. The molecule has 0 atom stereocenters. The van der Waals surface area contributed by atoms with Crippen molar-refractivity contribution in [2.45, 2.75) is 77.6 Å². The molecule has 0 aromatic heterocycles. The van der Waals surface area contributed by atoms with E-state index in [9.17, 15) is 9.90 Å². The molecule has 0 aliphatic heterocycles. The van der Waals surface area contributed by atoms with Crippen LogP contribution in [0, 0.1) is 0 Å². The first-order chi connectivity index (χ1) is 10.6. The molecular weight excluding hydrogens is 276 g/mol. The Morgan fingerprint density at radius 2 is 1.45 bits per heavy atom. The van der Waals surface area contributed by atoms with Gasteiger partial charge in [0.2, 0.25) is 0 Å². The van der Waals surface area contributed by atoms with E-state index in [2.05, 4.69) is 6.92 Å². The van der Waals surface area contributed by atoms with Crippen LogP contribution in [0.5, 0.6) is 5.75 Å². The Kier molecular flexibility index (Phi) is 9.36. The van der Waals surface area contributed by atoms with Gasteiger partial charge in [0, 0.05) is 0 Å². The molecule has 0 aliphatic carbocycles. The molecule has 0 fully saturated rings. The quantitative estimate of drug-likeness (QED) is 0.497. The number of carbonyl (C=O) groups is 1. The van der Waals surface area contributed by atoms with Gasteiger partial charge in [-0.3, -0.25) is 0 Å². The summed E-state index contributed by atoms with van der Waals surface area (Å²) in [6.07, 6.45) is 13.9. The van der Waals surface area contributed by atoms with Gasteiger partial charge in [0.1, 0.15) is 11.3 Å². The lowest BCUT2D eigenvalue weighted by Crippen LogP contribution is -1.98. The standard InChI is InChI=1S/C19H30O3/c1-2-3-4-5-6-7-8-9-10-11-12-16-13-14-18(20)17(15-16)19(21)22/h13-15,20H,2-12H2,1H3,(H,21,22). The Hall–Kier alpha value is -1.51. The Bertz CT molecular complexity index is 440. The number of benzene rings is 1. The van der Waals surface area contributed by atoms with Crippen LogP contribution in [0.3, 0.4) is 0 Å². The predicted octanol–water partition coefficient (Wildman–Crippen LogP) is 5.55. The van der Waals surface area contributed by atoms with Gasteiger partial charge in [0.25, 0.3) is 0 Å². The number of carboxylic acid groups (broad SMARTS) is 1. The van der Waals surface area contributed by atoms with Crippen molar-refractivity contribution >= 4 is 5.97 Å². The number of aromatic hydroxyl groups is 1. The van der Waals surface area contributed by atoms with Gasteiger partial charge in [0.05, 0.1) is 0 Å². The molecule has 0 aliphatic rings. The lowest BCUT2D eigenvalue weighted by molar-refractivity contribution is 0.0693. The summed E-state index contributed by atoms with van der Waals surface area (Å²) in [7, 11) is 0. The van der Waals surface area contributed by atoms with Crippen LogP contribution >= 0.6 is 0 Å². The number of unbranched alkanes of at least 4 members (excludes halogenated alkanes) is 9. The van der Waals surface area contributed by atoms with Crippen molar-refractivity contribution in [3.8, 4) is 5.75 Å². The molecule has 22 heavy (non-hydrogen) atoms. The highest BCUT2D eigenvalue weighted by Crippen LogP contribution is 2.20. The number of rotatable bonds is 12. The third kappa shape index (κ3) is 7.48. The normalized spacial score (nSPS) is 10.8. The number of carboxylic acids is 1. The van der Waals surface area contributed by atoms with Crippen LogP contribution in [0.4, 0.5) is 0 Å². The summed E-state index contributed by atoms with van der Waals surface area (Å²) in [5.41, 5.74) is 0.999. The molecule has 0 saturated carbocycles. The zero-order valence-corrected chi connectivity index (χ0v) is 13.8. The Morgan fingerprint density at radius 1 is 0.909 bits per heavy atom. The fourth-order valence-corrected chi connectivity index (χ4v) is 2.73. The second-order valence-corrected chi connectivity index (χ2v) is 6.09. The van der Waals surface area contributed by atoms with Crippen LogP contribution in [0.2, 0.25) is 0 Å². The molecule has 0 amide bonds. The SMILES string of the molecule is CCCCCCCCCCCCc1ccc(O)c(C(=O)O)c1. The molecule has 0 bridgehead atoms. The number of hydrogen-bond donors (Lipinski definition) is 2. The van der Waals surface area contributed by atoms with Gasteiger partial charge >= 0.3 is 5.97 Å². The Labute approximate surface area is 134 Å².